The second kappa shape index (κ2) is 8.32. The van der Waals surface area contributed by atoms with Gasteiger partial charge >= 0.3 is 0 Å². The predicted octanol–water partition coefficient (Wildman–Crippen LogP) is 4.39. The van der Waals surface area contributed by atoms with Crippen LogP contribution >= 0.6 is 11.6 Å². The number of nitrogens with one attached hydrogen (secondary N) is 1. The fourth-order valence-electron chi connectivity index (χ4n) is 3.28. The molecule has 0 spiro atoms. The minimum atomic E-state index is -0.271. The molecule has 0 atom stereocenters. The van der Waals surface area contributed by atoms with Gasteiger partial charge in [0, 0.05) is 36.1 Å². The van der Waals surface area contributed by atoms with E-state index >= 15 is 0 Å². The highest BCUT2D eigenvalue weighted by Crippen LogP contribution is 2.23. The van der Waals surface area contributed by atoms with E-state index in [9.17, 15) is 9.59 Å². The number of aromatic nitrogens is 1. The molecule has 136 valence electrons. The van der Waals surface area contributed by atoms with Gasteiger partial charge in [-0.3, -0.25) is 9.59 Å². The topological polar surface area (TPSA) is 62.3 Å². The summed E-state index contributed by atoms with van der Waals surface area (Å²) in [4.78, 5) is 30.6. The van der Waals surface area contributed by atoms with Gasteiger partial charge < -0.3 is 10.2 Å². The lowest BCUT2D eigenvalue weighted by molar-refractivity contribution is 0.0696. The number of pyridine rings is 1. The lowest BCUT2D eigenvalue weighted by atomic mass is 9.94. The normalized spacial score (nSPS) is 14.7. The van der Waals surface area contributed by atoms with Gasteiger partial charge in [0.2, 0.25) is 0 Å². The van der Waals surface area contributed by atoms with Crippen molar-refractivity contribution in [3.8, 4) is 0 Å². The Hall–Kier alpha value is -2.40. The van der Waals surface area contributed by atoms with Crippen LogP contribution in [0.1, 0.15) is 52.8 Å². The zero-order chi connectivity index (χ0) is 18.5. The third kappa shape index (κ3) is 4.41. The highest BCUT2D eigenvalue weighted by atomic mass is 35.5. The zero-order valence-corrected chi connectivity index (χ0v) is 15.5. The maximum Gasteiger partial charge on any atom is 0.255 e. The van der Waals surface area contributed by atoms with Crippen LogP contribution in [0.15, 0.2) is 42.6 Å². The van der Waals surface area contributed by atoms with E-state index in [4.69, 9.17) is 11.6 Å². The molecule has 5 nitrogen and oxygen atoms in total. The summed E-state index contributed by atoms with van der Waals surface area (Å²) in [6, 6.07) is 10.4. The molecule has 1 N–H and O–H groups in total. The van der Waals surface area contributed by atoms with E-state index in [2.05, 4.69) is 10.3 Å². The van der Waals surface area contributed by atoms with Crippen molar-refractivity contribution in [2.24, 2.45) is 0 Å². The van der Waals surface area contributed by atoms with Crippen molar-refractivity contribution >= 4 is 29.1 Å². The largest absolute Gasteiger partial charge is 0.339 e. The van der Waals surface area contributed by atoms with Crippen molar-refractivity contribution in [1.82, 2.24) is 9.88 Å². The van der Waals surface area contributed by atoms with Crippen LogP contribution in [0.5, 0.6) is 0 Å². The smallest absolute Gasteiger partial charge is 0.255 e. The molecule has 2 aromatic rings. The van der Waals surface area contributed by atoms with Gasteiger partial charge in [-0.1, -0.05) is 30.9 Å². The highest BCUT2D eigenvalue weighted by molar-refractivity contribution is 6.29. The minimum Gasteiger partial charge on any atom is -0.339 e. The average Bonchev–Trinajstić information content (AvgIpc) is 2.68. The maximum absolute atomic E-state index is 12.7. The Kier molecular flexibility index (Phi) is 5.89. The van der Waals surface area contributed by atoms with Crippen molar-refractivity contribution in [3.63, 3.8) is 0 Å². The fraction of sp³-hybridized carbons (Fsp3) is 0.350. The Morgan fingerprint density at radius 3 is 2.42 bits per heavy atom. The first-order valence-electron chi connectivity index (χ1n) is 8.85. The summed E-state index contributed by atoms with van der Waals surface area (Å²) in [5.41, 5.74) is 1.69. The second-order valence-electron chi connectivity index (χ2n) is 6.61. The Labute approximate surface area is 158 Å². The van der Waals surface area contributed by atoms with Crippen LogP contribution in [-0.4, -0.2) is 34.8 Å². The van der Waals surface area contributed by atoms with Crippen LogP contribution in [0.25, 0.3) is 0 Å². The van der Waals surface area contributed by atoms with Crippen LogP contribution in [0.3, 0.4) is 0 Å². The summed E-state index contributed by atoms with van der Waals surface area (Å²) in [6.45, 7) is 0. The molecule has 1 saturated carbocycles. The van der Waals surface area contributed by atoms with Gasteiger partial charge in [-0.05, 0) is 49.2 Å². The molecule has 1 heterocycles. The number of benzene rings is 1. The lowest BCUT2D eigenvalue weighted by Gasteiger charge is -2.31. The second-order valence-corrected chi connectivity index (χ2v) is 6.99. The third-order valence-electron chi connectivity index (χ3n) is 4.82. The van der Waals surface area contributed by atoms with Crippen LogP contribution in [-0.2, 0) is 0 Å². The first-order valence-corrected chi connectivity index (χ1v) is 9.22. The molecule has 26 heavy (non-hydrogen) atoms. The number of hydrogen-bond acceptors (Lipinski definition) is 3. The van der Waals surface area contributed by atoms with E-state index in [1.54, 1.807) is 30.3 Å². The fourth-order valence-corrected chi connectivity index (χ4v) is 3.45. The summed E-state index contributed by atoms with van der Waals surface area (Å²) in [6.07, 6.45) is 7.27. The van der Waals surface area contributed by atoms with Crippen molar-refractivity contribution in [2.45, 2.75) is 38.1 Å². The van der Waals surface area contributed by atoms with E-state index in [-0.39, 0.29) is 17.0 Å². The van der Waals surface area contributed by atoms with Crippen LogP contribution in [0.4, 0.5) is 5.69 Å². The van der Waals surface area contributed by atoms with Crippen LogP contribution in [0.2, 0.25) is 5.15 Å². The van der Waals surface area contributed by atoms with E-state index in [0.29, 0.717) is 22.9 Å². The molecule has 0 radical (unpaired) electrons. The quantitative estimate of drug-likeness (QED) is 0.810. The number of rotatable bonds is 4. The van der Waals surface area contributed by atoms with Gasteiger partial charge in [0.1, 0.15) is 5.15 Å². The maximum atomic E-state index is 12.7. The summed E-state index contributed by atoms with van der Waals surface area (Å²) in [7, 11) is 1.88. The van der Waals surface area contributed by atoms with E-state index in [1.807, 2.05) is 11.9 Å². The number of amides is 2. The molecule has 0 bridgehead atoms. The van der Waals surface area contributed by atoms with Crippen molar-refractivity contribution in [1.29, 1.82) is 0 Å². The number of anilines is 1. The molecule has 1 aliphatic carbocycles. The van der Waals surface area contributed by atoms with Gasteiger partial charge in [-0.15, -0.1) is 0 Å². The molecule has 0 unspecified atom stereocenters. The molecule has 1 fully saturated rings. The number of hydrogen-bond donors (Lipinski definition) is 1. The minimum absolute atomic E-state index is 0.0238. The average molecular weight is 372 g/mol. The molecule has 2 amide bonds. The van der Waals surface area contributed by atoms with Crippen LogP contribution in [0, 0.1) is 0 Å². The Balaban J connectivity index is 1.64. The number of halogens is 1. The van der Waals surface area contributed by atoms with E-state index < -0.39 is 0 Å². The Bertz CT molecular complexity index is 786. The summed E-state index contributed by atoms with van der Waals surface area (Å²) < 4.78 is 0. The molecule has 1 aromatic carbocycles. The van der Waals surface area contributed by atoms with Gasteiger partial charge in [0.25, 0.3) is 11.8 Å². The van der Waals surface area contributed by atoms with E-state index in [0.717, 1.165) is 12.8 Å². The molecule has 3 rings (SSSR count). The van der Waals surface area contributed by atoms with Crippen molar-refractivity contribution in [3.05, 3.63) is 58.9 Å². The predicted molar refractivity (Wildman–Crippen MR) is 103 cm³/mol. The van der Waals surface area contributed by atoms with Gasteiger partial charge in [0.05, 0.1) is 0 Å². The van der Waals surface area contributed by atoms with E-state index in [1.165, 1.54) is 31.5 Å². The lowest BCUT2D eigenvalue weighted by Crippen LogP contribution is -2.38. The van der Waals surface area contributed by atoms with Gasteiger partial charge in [-0.25, -0.2) is 4.98 Å². The number of carbonyl (C=O) groups is 2. The summed E-state index contributed by atoms with van der Waals surface area (Å²) in [5, 5.41) is 3.06. The Morgan fingerprint density at radius 1 is 1.08 bits per heavy atom. The molecule has 0 aliphatic heterocycles. The summed E-state index contributed by atoms with van der Waals surface area (Å²) >= 11 is 5.81. The van der Waals surface area contributed by atoms with Crippen molar-refractivity contribution in [2.75, 3.05) is 12.4 Å². The molecular formula is C20H22ClN3O2. The number of carbonyl (C=O) groups excluding carboxylic acids is 2. The van der Waals surface area contributed by atoms with Crippen molar-refractivity contribution < 1.29 is 9.59 Å². The standard InChI is InChI=1S/C20H22ClN3O2/c1-24(17-5-3-2-4-6-17)20(26)14-7-9-16(10-8-14)23-19(25)15-11-12-22-18(21)13-15/h7-13,17H,2-6H2,1H3,(H,23,25). The zero-order valence-electron chi connectivity index (χ0n) is 14.7. The van der Waals surface area contributed by atoms with Gasteiger partial charge in [-0.2, -0.15) is 0 Å². The molecule has 0 saturated heterocycles. The SMILES string of the molecule is CN(C(=O)c1ccc(NC(=O)c2ccnc(Cl)c2)cc1)C1CCCCC1. The first-order chi connectivity index (χ1) is 12.5. The van der Waals surface area contributed by atoms with Gasteiger partial charge in [0.15, 0.2) is 0 Å². The Morgan fingerprint density at radius 2 is 1.77 bits per heavy atom. The third-order valence-corrected chi connectivity index (χ3v) is 5.03. The molecule has 6 heteroatoms. The molecular weight excluding hydrogens is 350 g/mol. The first kappa shape index (κ1) is 18.4. The van der Waals surface area contributed by atoms with Crippen LogP contribution < -0.4 is 5.32 Å². The highest BCUT2D eigenvalue weighted by Gasteiger charge is 2.22. The molecule has 1 aliphatic rings. The summed E-state index contributed by atoms with van der Waals surface area (Å²) in [5.74, 6) is -0.247. The number of nitrogens with zero attached hydrogens (tertiary/aromatic N) is 2. The monoisotopic (exact) mass is 371 g/mol. The molecule has 1 aromatic heterocycles.